The molecule has 2 saturated heterocycles. The van der Waals surface area contributed by atoms with Crippen molar-refractivity contribution in [2.75, 3.05) is 13.7 Å². The van der Waals surface area contributed by atoms with Gasteiger partial charge in [0, 0.05) is 37.1 Å². The summed E-state index contributed by atoms with van der Waals surface area (Å²) in [6, 6.07) is 15.2. The average molecular weight is 438 g/mol. The minimum atomic E-state index is -0.539. The number of nitro groups is 1. The second-order valence-corrected chi connectivity index (χ2v) is 8.38. The van der Waals surface area contributed by atoms with Crippen molar-refractivity contribution in [3.8, 4) is 0 Å². The normalized spacial score (nSPS) is 24.7. The third-order valence-electron chi connectivity index (χ3n) is 6.54. The molecule has 2 aliphatic heterocycles. The van der Waals surface area contributed by atoms with Gasteiger partial charge in [-0.25, -0.2) is 4.79 Å². The molecule has 2 fully saturated rings. The number of hydrogen-bond acceptors (Lipinski definition) is 7. The van der Waals surface area contributed by atoms with Crippen LogP contribution in [0, 0.1) is 16.0 Å². The van der Waals surface area contributed by atoms with E-state index in [0.29, 0.717) is 18.4 Å². The number of esters is 2. The first-order valence-corrected chi connectivity index (χ1v) is 10.8. The summed E-state index contributed by atoms with van der Waals surface area (Å²) in [5, 5.41) is 10.8. The highest BCUT2D eigenvalue weighted by Gasteiger charge is 2.51. The molecule has 168 valence electrons. The van der Waals surface area contributed by atoms with Gasteiger partial charge < -0.3 is 9.47 Å². The summed E-state index contributed by atoms with van der Waals surface area (Å²) < 4.78 is 11.4. The smallest absolute Gasteiger partial charge is 0.338 e. The van der Waals surface area contributed by atoms with Crippen molar-refractivity contribution in [3.63, 3.8) is 0 Å². The summed E-state index contributed by atoms with van der Waals surface area (Å²) in [5.41, 5.74) is 1.33. The van der Waals surface area contributed by atoms with Crippen molar-refractivity contribution >= 4 is 17.6 Å². The Balaban J connectivity index is 1.40. The van der Waals surface area contributed by atoms with Gasteiger partial charge in [-0.1, -0.05) is 30.3 Å². The monoisotopic (exact) mass is 438 g/mol. The van der Waals surface area contributed by atoms with Crippen molar-refractivity contribution in [2.24, 2.45) is 5.92 Å². The molecular formula is C24H26N2O6. The molecule has 0 N–H and O–H groups in total. The lowest BCUT2D eigenvalue weighted by Gasteiger charge is -2.40. The Kier molecular flexibility index (Phi) is 6.50. The third kappa shape index (κ3) is 4.65. The van der Waals surface area contributed by atoms with E-state index in [0.717, 1.165) is 18.4 Å². The van der Waals surface area contributed by atoms with E-state index in [1.54, 1.807) is 36.4 Å². The van der Waals surface area contributed by atoms with Gasteiger partial charge in [-0.2, -0.15) is 0 Å². The van der Waals surface area contributed by atoms with Gasteiger partial charge in [0.2, 0.25) is 0 Å². The van der Waals surface area contributed by atoms with E-state index in [4.69, 9.17) is 9.47 Å². The van der Waals surface area contributed by atoms with E-state index in [-0.39, 0.29) is 30.3 Å². The zero-order chi connectivity index (χ0) is 22.7. The van der Waals surface area contributed by atoms with E-state index >= 15 is 0 Å². The van der Waals surface area contributed by atoms with Crippen molar-refractivity contribution < 1.29 is 24.0 Å². The van der Waals surface area contributed by atoms with Crippen molar-refractivity contribution in [1.82, 2.24) is 4.90 Å². The van der Waals surface area contributed by atoms with Gasteiger partial charge >= 0.3 is 11.9 Å². The molecule has 8 heteroatoms. The Bertz CT molecular complexity index is 978. The van der Waals surface area contributed by atoms with Gasteiger partial charge in [0.25, 0.3) is 5.69 Å². The first-order valence-electron chi connectivity index (χ1n) is 10.8. The number of benzene rings is 2. The Morgan fingerprint density at radius 2 is 1.81 bits per heavy atom. The van der Waals surface area contributed by atoms with Crippen LogP contribution in [0.4, 0.5) is 5.69 Å². The van der Waals surface area contributed by atoms with Crippen LogP contribution < -0.4 is 0 Å². The summed E-state index contributed by atoms with van der Waals surface area (Å²) >= 11 is 0. The molecule has 1 unspecified atom stereocenters. The molecule has 0 spiro atoms. The molecule has 2 bridgehead atoms. The fraction of sp³-hybridized carbons (Fsp3) is 0.417. The number of carbonyl (C=O) groups is 2. The quantitative estimate of drug-likeness (QED) is 0.371. The topological polar surface area (TPSA) is 99.0 Å². The molecule has 0 radical (unpaired) electrons. The second-order valence-electron chi connectivity index (χ2n) is 8.38. The lowest BCUT2D eigenvalue weighted by atomic mass is 9.87. The maximum atomic E-state index is 13.1. The third-order valence-corrected chi connectivity index (χ3v) is 6.54. The first kappa shape index (κ1) is 22.0. The van der Waals surface area contributed by atoms with E-state index in [2.05, 4.69) is 4.90 Å². The fourth-order valence-corrected chi connectivity index (χ4v) is 4.78. The highest BCUT2D eigenvalue weighted by Crippen LogP contribution is 2.40. The first-order chi connectivity index (χ1) is 15.4. The van der Waals surface area contributed by atoms with Crippen LogP contribution in [0.3, 0.4) is 0 Å². The van der Waals surface area contributed by atoms with Crippen molar-refractivity contribution in [1.29, 1.82) is 0 Å². The Morgan fingerprint density at radius 3 is 2.50 bits per heavy atom. The maximum Gasteiger partial charge on any atom is 0.338 e. The number of ether oxygens (including phenoxy) is 2. The molecule has 32 heavy (non-hydrogen) atoms. The molecule has 4 atom stereocenters. The van der Waals surface area contributed by atoms with Gasteiger partial charge in [0.1, 0.15) is 12.0 Å². The van der Waals surface area contributed by atoms with Gasteiger partial charge in [-0.15, -0.1) is 0 Å². The van der Waals surface area contributed by atoms with Crippen LogP contribution in [0.2, 0.25) is 0 Å². The molecule has 2 aromatic carbocycles. The zero-order valence-corrected chi connectivity index (χ0v) is 17.9. The van der Waals surface area contributed by atoms with Crippen LogP contribution in [-0.4, -0.2) is 53.6 Å². The van der Waals surface area contributed by atoms with Gasteiger partial charge in [-0.05, 0) is 37.6 Å². The van der Waals surface area contributed by atoms with Gasteiger partial charge in [0.05, 0.1) is 17.1 Å². The molecule has 0 aliphatic carbocycles. The molecule has 2 heterocycles. The number of piperidine rings is 1. The summed E-state index contributed by atoms with van der Waals surface area (Å²) in [5.74, 6) is -1.33. The van der Waals surface area contributed by atoms with E-state index in [1.165, 1.54) is 12.1 Å². The summed E-state index contributed by atoms with van der Waals surface area (Å²) in [4.78, 5) is 38.2. The molecule has 4 rings (SSSR count). The number of non-ortho nitro benzene ring substituents is 1. The number of carbonyl (C=O) groups excluding carboxylic acids is 2. The number of hydrogen-bond donors (Lipinski definition) is 0. The number of fused-ring (bicyclic) bond motifs is 2. The number of nitro benzene ring substituents is 1. The lowest BCUT2D eigenvalue weighted by Crippen LogP contribution is -2.53. The van der Waals surface area contributed by atoms with Gasteiger partial charge in [0.15, 0.2) is 0 Å². The number of nitrogens with zero attached hydrogens (tertiary/aromatic N) is 2. The van der Waals surface area contributed by atoms with Crippen LogP contribution in [0.1, 0.15) is 35.2 Å². The van der Waals surface area contributed by atoms with Crippen LogP contribution >= 0.6 is 0 Å². The van der Waals surface area contributed by atoms with Crippen LogP contribution in [0.15, 0.2) is 54.6 Å². The molecule has 8 nitrogen and oxygen atoms in total. The molecular weight excluding hydrogens is 412 g/mol. The highest BCUT2D eigenvalue weighted by molar-refractivity contribution is 5.89. The molecule has 0 aromatic heterocycles. The molecule has 0 saturated carbocycles. The van der Waals surface area contributed by atoms with E-state index in [9.17, 15) is 19.7 Å². The SMILES string of the molecule is CN1C2CC[C@@H]1C[C@H](OC(=O)c1ccccc1)[C@@H]2C(=O)OCCc1ccc([N+](=O)[O-])cc1. The second kappa shape index (κ2) is 9.48. The molecule has 2 aliphatic rings. The predicted octanol–water partition coefficient (Wildman–Crippen LogP) is 3.39. The van der Waals surface area contributed by atoms with Crippen molar-refractivity contribution in [2.45, 2.75) is 43.9 Å². The fourth-order valence-electron chi connectivity index (χ4n) is 4.78. The highest BCUT2D eigenvalue weighted by atomic mass is 16.6. The minimum absolute atomic E-state index is 0.0193. The summed E-state index contributed by atoms with van der Waals surface area (Å²) in [6.45, 7) is 0.159. The molecule has 0 amide bonds. The standard InChI is InChI=1S/C24H26N2O6/c1-25-19-11-12-20(25)22(21(15-19)32-23(27)17-5-3-2-4-6-17)24(28)31-14-13-16-7-9-18(10-8-16)26(29)30/h2-10,19-22H,11-15H2,1H3/t19-,20?,21+,22-/m1/s1. The summed E-state index contributed by atoms with van der Waals surface area (Å²) in [6.07, 6.45) is 2.36. The van der Waals surface area contributed by atoms with Crippen LogP contribution in [0.5, 0.6) is 0 Å². The number of rotatable bonds is 7. The Morgan fingerprint density at radius 1 is 1.09 bits per heavy atom. The lowest BCUT2D eigenvalue weighted by molar-refractivity contribution is -0.384. The Labute approximate surface area is 186 Å². The van der Waals surface area contributed by atoms with E-state index < -0.39 is 22.9 Å². The Hall–Kier alpha value is -3.26. The predicted molar refractivity (Wildman–Crippen MR) is 116 cm³/mol. The van der Waals surface area contributed by atoms with Crippen LogP contribution in [0.25, 0.3) is 0 Å². The maximum absolute atomic E-state index is 13.1. The van der Waals surface area contributed by atoms with E-state index in [1.807, 2.05) is 13.1 Å². The molecule has 2 aromatic rings. The minimum Gasteiger partial charge on any atom is -0.465 e. The van der Waals surface area contributed by atoms with Crippen LogP contribution in [-0.2, 0) is 20.7 Å². The summed E-state index contributed by atoms with van der Waals surface area (Å²) in [7, 11) is 2.01. The van der Waals surface area contributed by atoms with Crippen molar-refractivity contribution in [3.05, 3.63) is 75.8 Å². The average Bonchev–Trinajstić information content (AvgIpc) is 3.03. The largest absolute Gasteiger partial charge is 0.465 e. The van der Waals surface area contributed by atoms with Gasteiger partial charge in [-0.3, -0.25) is 19.8 Å². The zero-order valence-electron chi connectivity index (χ0n) is 17.9.